The summed E-state index contributed by atoms with van der Waals surface area (Å²) in [6, 6.07) is 1.21. The van der Waals surface area contributed by atoms with Crippen LogP contribution in [-0.2, 0) is 6.42 Å². The highest BCUT2D eigenvalue weighted by atomic mass is 19.4. The van der Waals surface area contributed by atoms with E-state index in [9.17, 15) is 18.3 Å². The van der Waals surface area contributed by atoms with Crippen molar-refractivity contribution in [2.24, 2.45) is 0 Å². The second-order valence-electron chi connectivity index (χ2n) is 3.68. The number of halogens is 3. The lowest BCUT2D eigenvalue weighted by molar-refractivity contribution is -0.153. The van der Waals surface area contributed by atoms with E-state index < -0.39 is 12.1 Å². The molecule has 0 amide bonds. The maximum Gasteiger partial charge on any atom is 0.395 e. The van der Waals surface area contributed by atoms with Gasteiger partial charge in [-0.1, -0.05) is 0 Å². The van der Waals surface area contributed by atoms with Gasteiger partial charge in [-0.05, 0) is 25.3 Å². The molecule has 1 aromatic heterocycles. The predicted octanol–water partition coefficient (Wildman–Crippen LogP) is 2.77. The van der Waals surface area contributed by atoms with Crippen LogP contribution >= 0.6 is 0 Å². The molecule has 0 saturated carbocycles. The molecular formula is C10H10F3NO. The third kappa shape index (κ3) is 1.78. The summed E-state index contributed by atoms with van der Waals surface area (Å²) in [4.78, 5) is 3.88. The number of aromatic nitrogens is 1. The Morgan fingerprint density at radius 1 is 1.40 bits per heavy atom. The summed E-state index contributed by atoms with van der Waals surface area (Å²) in [5, 5.41) is 9.45. The van der Waals surface area contributed by atoms with Gasteiger partial charge in [0.05, 0.1) is 5.92 Å². The van der Waals surface area contributed by atoms with Gasteiger partial charge in [-0.2, -0.15) is 13.2 Å². The molecule has 0 spiro atoms. The lowest BCUT2D eigenvalue weighted by Gasteiger charge is -2.27. The number of alkyl halides is 3. The minimum absolute atomic E-state index is 0.0312. The van der Waals surface area contributed by atoms with Crippen molar-refractivity contribution in [3.63, 3.8) is 0 Å². The number of pyridine rings is 1. The van der Waals surface area contributed by atoms with Gasteiger partial charge in [0.25, 0.3) is 0 Å². The monoisotopic (exact) mass is 217 g/mol. The first kappa shape index (κ1) is 10.3. The Labute approximate surface area is 84.8 Å². The summed E-state index contributed by atoms with van der Waals surface area (Å²) in [6.07, 6.45) is -1.94. The number of hydrogen-bond acceptors (Lipinski definition) is 2. The van der Waals surface area contributed by atoms with Gasteiger partial charge in [0.2, 0.25) is 0 Å². The summed E-state index contributed by atoms with van der Waals surface area (Å²) in [7, 11) is 0. The molecular weight excluding hydrogens is 207 g/mol. The van der Waals surface area contributed by atoms with Crippen LogP contribution in [0, 0.1) is 0 Å². The molecule has 0 bridgehead atoms. The summed E-state index contributed by atoms with van der Waals surface area (Å²) in [5.41, 5.74) is 0.347. The molecule has 1 N–H and O–H groups in total. The van der Waals surface area contributed by atoms with Crippen molar-refractivity contribution >= 4 is 0 Å². The highest BCUT2D eigenvalue weighted by Gasteiger charge is 2.44. The number of rotatable bonds is 0. The summed E-state index contributed by atoms with van der Waals surface area (Å²) in [6.45, 7) is 0. The standard InChI is InChI=1S/C10H10F3NO/c11-10(12,13)6-2-1-3-7-9(6)8(15)4-5-14-7/h4-6H,1-3H2,(H,14,15)/t6-/m1/s1. The van der Waals surface area contributed by atoms with Crippen LogP contribution < -0.4 is 0 Å². The van der Waals surface area contributed by atoms with Crippen molar-refractivity contribution in [1.82, 2.24) is 4.98 Å². The molecule has 1 heterocycles. The minimum Gasteiger partial charge on any atom is -0.508 e. The first-order valence-corrected chi connectivity index (χ1v) is 4.73. The van der Waals surface area contributed by atoms with Crippen molar-refractivity contribution in [3.8, 4) is 5.75 Å². The summed E-state index contributed by atoms with van der Waals surface area (Å²) < 4.78 is 38.0. The molecule has 0 radical (unpaired) electrons. The van der Waals surface area contributed by atoms with Crippen LogP contribution in [0.15, 0.2) is 12.3 Å². The van der Waals surface area contributed by atoms with Gasteiger partial charge in [0, 0.05) is 17.5 Å². The number of nitrogens with zero attached hydrogens (tertiary/aromatic N) is 1. The first-order valence-electron chi connectivity index (χ1n) is 4.73. The fourth-order valence-corrected chi connectivity index (χ4v) is 2.03. The lowest BCUT2D eigenvalue weighted by Crippen LogP contribution is -2.25. The van der Waals surface area contributed by atoms with Crippen LogP contribution in [-0.4, -0.2) is 16.3 Å². The van der Waals surface area contributed by atoms with Gasteiger partial charge in [-0.3, -0.25) is 4.98 Å². The van der Waals surface area contributed by atoms with Gasteiger partial charge >= 0.3 is 6.18 Å². The molecule has 5 heteroatoms. The van der Waals surface area contributed by atoms with Crippen molar-refractivity contribution in [1.29, 1.82) is 0 Å². The molecule has 1 aromatic rings. The molecule has 0 saturated heterocycles. The third-order valence-electron chi connectivity index (χ3n) is 2.70. The van der Waals surface area contributed by atoms with Gasteiger partial charge in [-0.25, -0.2) is 0 Å². The molecule has 1 atom stereocenters. The second kappa shape index (κ2) is 3.40. The summed E-state index contributed by atoms with van der Waals surface area (Å²) >= 11 is 0. The smallest absolute Gasteiger partial charge is 0.395 e. The normalized spacial score (nSPS) is 21.1. The van der Waals surface area contributed by atoms with E-state index in [1.807, 2.05) is 0 Å². The molecule has 82 valence electrons. The van der Waals surface area contributed by atoms with E-state index in [-0.39, 0.29) is 17.7 Å². The first-order chi connectivity index (χ1) is 7.00. The fourth-order valence-electron chi connectivity index (χ4n) is 2.03. The predicted molar refractivity (Wildman–Crippen MR) is 47.6 cm³/mol. The topological polar surface area (TPSA) is 33.1 Å². The Balaban J connectivity index is 2.50. The Hall–Kier alpha value is -1.26. The Kier molecular flexibility index (Phi) is 2.32. The number of aromatic hydroxyl groups is 1. The maximum absolute atomic E-state index is 12.7. The fraction of sp³-hybridized carbons (Fsp3) is 0.500. The Morgan fingerprint density at radius 2 is 2.13 bits per heavy atom. The van der Waals surface area contributed by atoms with E-state index in [1.54, 1.807) is 0 Å². The second-order valence-corrected chi connectivity index (χ2v) is 3.68. The van der Waals surface area contributed by atoms with Crippen LogP contribution in [0.5, 0.6) is 5.75 Å². The van der Waals surface area contributed by atoms with Crippen LogP contribution in [0.4, 0.5) is 13.2 Å². The van der Waals surface area contributed by atoms with Crippen LogP contribution in [0.1, 0.15) is 30.0 Å². The van der Waals surface area contributed by atoms with E-state index in [0.29, 0.717) is 18.5 Å². The van der Waals surface area contributed by atoms with Crippen molar-refractivity contribution in [3.05, 3.63) is 23.5 Å². The van der Waals surface area contributed by atoms with E-state index in [1.165, 1.54) is 12.3 Å². The van der Waals surface area contributed by atoms with E-state index in [0.717, 1.165) is 0 Å². The number of aryl methyl sites for hydroxylation is 1. The highest BCUT2D eigenvalue weighted by Crippen LogP contribution is 2.45. The largest absolute Gasteiger partial charge is 0.508 e. The average Bonchev–Trinajstić information content (AvgIpc) is 2.16. The number of fused-ring (bicyclic) bond motifs is 1. The van der Waals surface area contributed by atoms with Gasteiger partial charge < -0.3 is 5.11 Å². The van der Waals surface area contributed by atoms with E-state index >= 15 is 0 Å². The van der Waals surface area contributed by atoms with Crippen LogP contribution in [0.25, 0.3) is 0 Å². The average molecular weight is 217 g/mol. The zero-order valence-electron chi connectivity index (χ0n) is 7.88. The molecule has 0 aromatic carbocycles. The van der Waals surface area contributed by atoms with Crippen molar-refractivity contribution in [2.75, 3.05) is 0 Å². The number of hydrogen-bond donors (Lipinski definition) is 1. The van der Waals surface area contributed by atoms with Crippen LogP contribution in [0.2, 0.25) is 0 Å². The molecule has 1 aliphatic carbocycles. The van der Waals surface area contributed by atoms with E-state index in [4.69, 9.17) is 0 Å². The maximum atomic E-state index is 12.7. The molecule has 2 rings (SSSR count). The third-order valence-corrected chi connectivity index (χ3v) is 2.70. The van der Waals surface area contributed by atoms with Gasteiger partial charge in [-0.15, -0.1) is 0 Å². The zero-order valence-corrected chi connectivity index (χ0v) is 7.88. The zero-order chi connectivity index (χ0) is 11.1. The molecule has 15 heavy (non-hydrogen) atoms. The minimum atomic E-state index is -4.30. The van der Waals surface area contributed by atoms with Gasteiger partial charge in [0.1, 0.15) is 5.75 Å². The molecule has 0 unspecified atom stereocenters. The SMILES string of the molecule is Oc1ccnc2c1[C@H](C(F)(F)F)CCC2. The Morgan fingerprint density at radius 3 is 2.80 bits per heavy atom. The van der Waals surface area contributed by atoms with Gasteiger partial charge in [0.15, 0.2) is 0 Å². The Bertz CT molecular complexity index is 375. The molecule has 2 nitrogen and oxygen atoms in total. The van der Waals surface area contributed by atoms with Crippen LogP contribution in [0.3, 0.4) is 0 Å². The molecule has 0 fully saturated rings. The quantitative estimate of drug-likeness (QED) is 0.724. The van der Waals surface area contributed by atoms with E-state index in [2.05, 4.69) is 4.98 Å². The molecule has 1 aliphatic rings. The van der Waals surface area contributed by atoms with Crippen molar-refractivity contribution in [2.45, 2.75) is 31.4 Å². The lowest BCUT2D eigenvalue weighted by atomic mass is 9.84. The molecule has 0 aliphatic heterocycles. The summed E-state index contributed by atoms with van der Waals surface area (Å²) in [5.74, 6) is -1.85. The highest BCUT2D eigenvalue weighted by molar-refractivity contribution is 5.40. The van der Waals surface area contributed by atoms with Crippen molar-refractivity contribution < 1.29 is 18.3 Å².